The molecular weight excluding hydrogens is 346 g/mol. The maximum Gasteiger partial charge on any atom is 0.420 e. The Morgan fingerprint density at radius 3 is 2.44 bits per heavy atom. The summed E-state index contributed by atoms with van der Waals surface area (Å²) < 4.78 is 58.8. The first-order valence-electron chi connectivity index (χ1n) is 7.53. The fourth-order valence-electron chi connectivity index (χ4n) is 2.26. The Balaban J connectivity index is 3.66. The van der Waals surface area contributed by atoms with Crippen LogP contribution in [-0.2, 0) is 15.7 Å². The average Bonchev–Trinajstić information content (AvgIpc) is 2.47. The quantitative estimate of drug-likeness (QED) is 0.591. The maximum atomic E-state index is 14.2. The van der Waals surface area contributed by atoms with Gasteiger partial charge in [0.05, 0.1) is 12.9 Å². The van der Waals surface area contributed by atoms with E-state index in [-0.39, 0.29) is 18.9 Å². The smallest absolute Gasteiger partial charge is 0.420 e. The van der Waals surface area contributed by atoms with Crippen molar-refractivity contribution in [2.24, 2.45) is 5.92 Å². The predicted octanol–water partition coefficient (Wildman–Crippen LogP) is 3.69. The van der Waals surface area contributed by atoms with E-state index in [4.69, 9.17) is 4.74 Å². The number of carboxylic acids is 1. The van der Waals surface area contributed by atoms with E-state index in [1.54, 1.807) is 20.8 Å². The molecule has 0 aliphatic carbocycles. The van der Waals surface area contributed by atoms with E-state index < -0.39 is 40.7 Å². The molecule has 5 nitrogen and oxygen atoms in total. The van der Waals surface area contributed by atoms with Crippen molar-refractivity contribution in [3.8, 4) is 0 Å². The molecule has 0 saturated carbocycles. The molecule has 1 atom stereocenters. The highest BCUT2D eigenvalue weighted by atomic mass is 19.4. The molecule has 0 fully saturated rings. The summed E-state index contributed by atoms with van der Waals surface area (Å²) in [5.74, 6) is -3.66. The molecule has 140 valence electrons. The Morgan fingerprint density at radius 1 is 1.40 bits per heavy atom. The van der Waals surface area contributed by atoms with Crippen molar-refractivity contribution < 1.29 is 32.2 Å². The minimum atomic E-state index is -5.12. The second kappa shape index (κ2) is 8.17. The molecule has 0 radical (unpaired) electrons. The van der Waals surface area contributed by atoms with Crippen LogP contribution in [0, 0.1) is 11.7 Å². The third-order valence-corrected chi connectivity index (χ3v) is 3.32. The number of rotatable bonds is 7. The van der Waals surface area contributed by atoms with E-state index in [0.29, 0.717) is 10.8 Å². The molecule has 0 amide bonds. The monoisotopic (exact) mass is 365 g/mol. The number of alkyl halides is 3. The maximum absolute atomic E-state index is 14.2. The van der Waals surface area contributed by atoms with E-state index in [1.165, 1.54) is 0 Å². The Labute approximate surface area is 141 Å². The second-order valence-corrected chi connectivity index (χ2v) is 5.73. The second-order valence-electron chi connectivity index (χ2n) is 5.73. The molecule has 25 heavy (non-hydrogen) atoms. The molecule has 1 aromatic rings. The number of hydrogen-bond acceptors (Lipinski definition) is 3. The Morgan fingerprint density at radius 2 is 2.00 bits per heavy atom. The van der Waals surface area contributed by atoms with Gasteiger partial charge in [-0.2, -0.15) is 13.2 Å². The van der Waals surface area contributed by atoms with Crippen LogP contribution in [0.2, 0.25) is 0 Å². The highest BCUT2D eigenvalue weighted by Crippen LogP contribution is 2.34. The Hall–Kier alpha value is -2.32. The van der Waals surface area contributed by atoms with Crippen LogP contribution in [0.25, 0.3) is 6.08 Å². The summed E-state index contributed by atoms with van der Waals surface area (Å²) in [6.07, 6.45) is -2.69. The summed E-state index contributed by atoms with van der Waals surface area (Å²) >= 11 is 0. The minimum Gasteiger partial charge on any atom is -0.501 e. The van der Waals surface area contributed by atoms with Gasteiger partial charge >= 0.3 is 12.1 Å². The highest BCUT2D eigenvalue weighted by molar-refractivity contribution is 5.72. The SMILES string of the molecule is CCO/C=C/c1cn(C(CC(C)C)C(=O)O)c(=O)c(F)c1C(F)(F)F. The van der Waals surface area contributed by atoms with E-state index in [9.17, 15) is 32.3 Å². The average molecular weight is 365 g/mol. The topological polar surface area (TPSA) is 68.5 Å². The molecule has 0 aromatic carbocycles. The number of carboxylic acid groups (broad SMARTS) is 1. The van der Waals surface area contributed by atoms with Crippen LogP contribution in [0.1, 0.15) is 44.4 Å². The van der Waals surface area contributed by atoms with Gasteiger partial charge in [-0.15, -0.1) is 0 Å². The lowest BCUT2D eigenvalue weighted by Crippen LogP contribution is -2.34. The number of aliphatic carboxylic acids is 1. The Bertz CT molecular complexity index is 707. The third-order valence-electron chi connectivity index (χ3n) is 3.32. The summed E-state index contributed by atoms with van der Waals surface area (Å²) in [6, 6.07) is -1.48. The van der Waals surface area contributed by atoms with Crippen LogP contribution in [0.5, 0.6) is 0 Å². The van der Waals surface area contributed by atoms with E-state index in [2.05, 4.69) is 0 Å². The van der Waals surface area contributed by atoms with Crippen molar-refractivity contribution in [2.45, 2.75) is 39.4 Å². The molecule has 1 aromatic heterocycles. The van der Waals surface area contributed by atoms with Crippen LogP contribution in [0.4, 0.5) is 17.6 Å². The van der Waals surface area contributed by atoms with Crippen LogP contribution in [0.15, 0.2) is 17.3 Å². The molecule has 0 saturated heterocycles. The van der Waals surface area contributed by atoms with Gasteiger partial charge in [-0.25, -0.2) is 9.18 Å². The third kappa shape index (κ3) is 5.07. The fraction of sp³-hybridized carbons (Fsp3) is 0.500. The lowest BCUT2D eigenvalue weighted by atomic mass is 10.0. The van der Waals surface area contributed by atoms with Crippen LogP contribution < -0.4 is 5.56 Å². The van der Waals surface area contributed by atoms with Gasteiger partial charge in [-0.05, 0) is 25.3 Å². The predicted molar refractivity (Wildman–Crippen MR) is 82.4 cm³/mol. The molecular formula is C16H19F4NO4. The van der Waals surface area contributed by atoms with Crippen molar-refractivity contribution in [3.63, 3.8) is 0 Å². The molecule has 1 rings (SSSR count). The fourth-order valence-corrected chi connectivity index (χ4v) is 2.26. The summed E-state index contributed by atoms with van der Waals surface area (Å²) in [5, 5.41) is 9.28. The number of pyridine rings is 1. The summed E-state index contributed by atoms with van der Waals surface area (Å²) in [5.41, 5.74) is -4.07. The molecule has 1 N–H and O–H groups in total. The van der Waals surface area contributed by atoms with Crippen LogP contribution >= 0.6 is 0 Å². The summed E-state index contributed by atoms with van der Waals surface area (Å²) in [7, 11) is 0. The Kier molecular flexibility index (Phi) is 6.78. The summed E-state index contributed by atoms with van der Waals surface area (Å²) in [4.78, 5) is 23.4. The number of ether oxygens (including phenoxy) is 1. The van der Waals surface area contributed by atoms with Crippen molar-refractivity contribution >= 4 is 12.0 Å². The molecule has 9 heteroatoms. The normalized spacial score (nSPS) is 13.4. The minimum absolute atomic E-state index is 0.0470. The first-order valence-corrected chi connectivity index (χ1v) is 7.53. The number of nitrogens with zero attached hydrogens (tertiary/aromatic N) is 1. The first-order chi connectivity index (χ1) is 11.5. The summed E-state index contributed by atoms with van der Waals surface area (Å²) in [6.45, 7) is 5.12. The molecule has 0 bridgehead atoms. The largest absolute Gasteiger partial charge is 0.501 e. The van der Waals surface area contributed by atoms with Crippen molar-refractivity contribution in [2.75, 3.05) is 6.61 Å². The first kappa shape index (κ1) is 20.7. The lowest BCUT2D eigenvalue weighted by Gasteiger charge is -2.20. The lowest BCUT2D eigenvalue weighted by molar-refractivity contribution is -0.141. The van der Waals surface area contributed by atoms with Gasteiger partial charge in [0.2, 0.25) is 5.82 Å². The van der Waals surface area contributed by atoms with E-state index >= 15 is 0 Å². The zero-order valence-corrected chi connectivity index (χ0v) is 13.9. The molecule has 0 spiro atoms. The number of halogens is 4. The number of carbonyl (C=O) groups is 1. The molecule has 1 heterocycles. The van der Waals surface area contributed by atoms with Gasteiger partial charge in [0.25, 0.3) is 5.56 Å². The van der Waals surface area contributed by atoms with Gasteiger partial charge < -0.3 is 9.84 Å². The van der Waals surface area contributed by atoms with Gasteiger partial charge in [-0.1, -0.05) is 13.8 Å². The van der Waals surface area contributed by atoms with Gasteiger partial charge in [0.1, 0.15) is 11.6 Å². The number of aromatic nitrogens is 1. The zero-order chi connectivity index (χ0) is 19.4. The standard InChI is InChI=1S/C16H19F4NO4/c1-4-25-6-5-10-8-21(11(15(23)24)7-9(2)3)14(22)13(17)12(10)16(18,19)20/h5-6,8-9,11H,4,7H2,1-3H3,(H,23,24)/b6-5+. The van der Waals surface area contributed by atoms with E-state index in [1.807, 2.05) is 0 Å². The molecule has 1 unspecified atom stereocenters. The van der Waals surface area contributed by atoms with E-state index in [0.717, 1.165) is 12.3 Å². The highest BCUT2D eigenvalue weighted by Gasteiger charge is 2.39. The van der Waals surface area contributed by atoms with Crippen LogP contribution in [-0.4, -0.2) is 22.2 Å². The van der Waals surface area contributed by atoms with Crippen molar-refractivity contribution in [1.29, 1.82) is 0 Å². The molecule has 0 aliphatic rings. The number of hydrogen-bond donors (Lipinski definition) is 1. The molecule has 0 aliphatic heterocycles. The van der Waals surface area contributed by atoms with Gasteiger partial charge in [0, 0.05) is 11.8 Å². The van der Waals surface area contributed by atoms with Crippen LogP contribution in [0.3, 0.4) is 0 Å². The van der Waals surface area contributed by atoms with Gasteiger partial charge in [-0.3, -0.25) is 9.36 Å². The zero-order valence-electron chi connectivity index (χ0n) is 13.9. The van der Waals surface area contributed by atoms with Crippen molar-refractivity contribution in [1.82, 2.24) is 4.57 Å². The van der Waals surface area contributed by atoms with Crippen molar-refractivity contribution in [3.05, 3.63) is 39.8 Å². The van der Waals surface area contributed by atoms with Gasteiger partial charge in [0.15, 0.2) is 0 Å².